The monoisotopic (exact) mass is 973 g/mol. The van der Waals surface area contributed by atoms with E-state index in [2.05, 4.69) is 47.5 Å². The summed E-state index contributed by atoms with van der Waals surface area (Å²) in [6, 6.07) is -9.77. The molecule has 0 radical (unpaired) electrons. The number of aliphatic imine (C=N–C) groups is 1. The van der Waals surface area contributed by atoms with Crippen molar-refractivity contribution in [3.8, 4) is 0 Å². The van der Waals surface area contributed by atoms with Crippen molar-refractivity contribution in [2.75, 3.05) is 25.1 Å². The third kappa shape index (κ3) is 24.6. The Morgan fingerprint density at radius 1 is 0.597 bits per heavy atom. The molecule has 0 fully saturated rings. The van der Waals surface area contributed by atoms with Gasteiger partial charge in [-0.15, -0.1) is 0 Å². The van der Waals surface area contributed by atoms with Crippen molar-refractivity contribution >= 4 is 76.9 Å². The number of hydrogen-bond acceptors (Lipinski definition) is 13. The summed E-state index contributed by atoms with van der Waals surface area (Å²) in [5, 5.41) is 38.8. The van der Waals surface area contributed by atoms with Crippen LogP contribution in [-0.2, 0) is 47.9 Å². The number of aliphatic carboxylic acids is 2. The number of nitrogens with one attached hydrogen (secondary N) is 8. The molecule has 25 heteroatoms. The van der Waals surface area contributed by atoms with Crippen molar-refractivity contribution < 1.29 is 58.2 Å². The van der Waals surface area contributed by atoms with Gasteiger partial charge in [-0.1, -0.05) is 54.4 Å². The molecule has 0 aliphatic rings. The summed E-state index contributed by atoms with van der Waals surface area (Å²) in [7, 11) is 0. The molecule has 0 aliphatic carbocycles. The Morgan fingerprint density at radius 3 is 1.60 bits per heavy atom. The molecular formula is C42H76N12O12S. The van der Waals surface area contributed by atoms with Crippen LogP contribution in [0.15, 0.2) is 4.99 Å². The largest absolute Gasteiger partial charge is 0.481 e. The number of carboxylic acid groups (broad SMARTS) is 2. The van der Waals surface area contributed by atoms with Crippen molar-refractivity contribution in [2.24, 2.45) is 39.9 Å². The number of thioether (sulfide) groups is 1. The minimum absolute atomic E-state index is 0.108. The molecular weight excluding hydrogens is 897 g/mol. The number of hydrogen-bond donors (Lipinski definition) is 13. The summed E-state index contributed by atoms with van der Waals surface area (Å²) in [5.74, 6) is -9.37. The zero-order valence-electron chi connectivity index (χ0n) is 40.2. The van der Waals surface area contributed by atoms with E-state index in [4.69, 9.17) is 17.2 Å². The van der Waals surface area contributed by atoms with E-state index in [9.17, 15) is 58.2 Å². The fourth-order valence-electron chi connectivity index (χ4n) is 6.17. The molecule has 0 saturated carbocycles. The molecule has 0 bridgehead atoms. The van der Waals surface area contributed by atoms with E-state index in [1.165, 1.54) is 25.6 Å². The molecule has 10 atom stereocenters. The van der Waals surface area contributed by atoms with Crippen LogP contribution < -0.4 is 59.7 Å². The van der Waals surface area contributed by atoms with Crippen molar-refractivity contribution in [1.82, 2.24) is 42.5 Å². The first kappa shape index (κ1) is 61.3. The van der Waals surface area contributed by atoms with Gasteiger partial charge in [0.2, 0.25) is 47.3 Å². The van der Waals surface area contributed by atoms with Crippen LogP contribution >= 0.6 is 11.8 Å². The average molecular weight is 973 g/mol. The summed E-state index contributed by atoms with van der Waals surface area (Å²) in [5.41, 5.74) is 16.7. The molecule has 0 spiro atoms. The van der Waals surface area contributed by atoms with Gasteiger partial charge in [0.15, 0.2) is 5.96 Å². The maximum absolute atomic E-state index is 13.7. The highest BCUT2D eigenvalue weighted by atomic mass is 32.2. The fourth-order valence-corrected chi connectivity index (χ4v) is 6.64. The molecule has 0 aromatic carbocycles. The first-order valence-electron chi connectivity index (χ1n) is 22.4. The maximum Gasteiger partial charge on any atom is 0.326 e. The van der Waals surface area contributed by atoms with Gasteiger partial charge in [-0.3, -0.25) is 48.1 Å². The molecule has 0 aliphatic heterocycles. The van der Waals surface area contributed by atoms with E-state index in [1.807, 2.05) is 0 Å². The van der Waals surface area contributed by atoms with E-state index >= 15 is 0 Å². The van der Waals surface area contributed by atoms with Gasteiger partial charge in [0, 0.05) is 13.0 Å². The lowest BCUT2D eigenvalue weighted by atomic mass is 9.96. The third-order valence-corrected chi connectivity index (χ3v) is 11.3. The summed E-state index contributed by atoms with van der Waals surface area (Å²) in [6.45, 7) is 12.8. The van der Waals surface area contributed by atoms with Gasteiger partial charge in [-0.2, -0.15) is 11.8 Å². The van der Waals surface area contributed by atoms with E-state index in [-0.39, 0.29) is 37.7 Å². The van der Waals surface area contributed by atoms with E-state index < -0.39 is 139 Å². The topological polar surface area (TPSA) is 398 Å². The molecule has 67 heavy (non-hydrogen) atoms. The lowest BCUT2D eigenvalue weighted by molar-refractivity contribution is -0.142. The number of carboxylic acids is 2. The first-order chi connectivity index (χ1) is 31.3. The number of carbonyl (C=O) groups is 10. The van der Waals surface area contributed by atoms with Crippen LogP contribution in [0.1, 0.15) is 107 Å². The number of guanidine groups is 1. The Kier molecular flexibility index (Phi) is 29.3. The Morgan fingerprint density at radius 2 is 1.10 bits per heavy atom. The fraction of sp³-hybridized carbons (Fsp3) is 0.738. The van der Waals surface area contributed by atoms with Gasteiger partial charge in [0.25, 0.3) is 0 Å². The van der Waals surface area contributed by atoms with Crippen LogP contribution in [0, 0.1) is 17.8 Å². The molecule has 8 amide bonds. The maximum atomic E-state index is 13.7. The quantitative estimate of drug-likeness (QED) is 0.0188. The molecule has 382 valence electrons. The number of nitrogens with zero attached hydrogens (tertiary/aromatic N) is 1. The molecule has 0 unspecified atom stereocenters. The van der Waals surface area contributed by atoms with E-state index in [0.717, 1.165) is 0 Å². The third-order valence-electron chi connectivity index (χ3n) is 10.7. The van der Waals surface area contributed by atoms with Gasteiger partial charge >= 0.3 is 11.9 Å². The molecule has 0 aromatic heterocycles. The Labute approximate surface area is 396 Å². The highest BCUT2D eigenvalue weighted by molar-refractivity contribution is 7.98. The second-order valence-electron chi connectivity index (χ2n) is 16.9. The van der Waals surface area contributed by atoms with Crippen LogP contribution in [-0.4, -0.2) is 149 Å². The van der Waals surface area contributed by atoms with Gasteiger partial charge < -0.3 is 69.9 Å². The van der Waals surface area contributed by atoms with E-state index in [1.54, 1.807) is 47.8 Å². The molecule has 24 nitrogen and oxygen atoms in total. The first-order valence-corrected chi connectivity index (χ1v) is 23.8. The van der Waals surface area contributed by atoms with Crippen molar-refractivity contribution in [3.63, 3.8) is 0 Å². The zero-order chi connectivity index (χ0) is 51.6. The van der Waals surface area contributed by atoms with Gasteiger partial charge in [-0.25, -0.2) is 4.79 Å². The predicted molar refractivity (Wildman–Crippen MR) is 252 cm³/mol. The summed E-state index contributed by atoms with van der Waals surface area (Å²) >= 11 is 1.41. The van der Waals surface area contributed by atoms with Crippen LogP contribution in [0.3, 0.4) is 0 Å². The van der Waals surface area contributed by atoms with Crippen molar-refractivity contribution in [2.45, 2.75) is 155 Å². The Bertz CT molecular complexity index is 1720. The second kappa shape index (κ2) is 32.1. The highest BCUT2D eigenvalue weighted by Gasteiger charge is 2.34. The number of carbonyl (C=O) groups excluding carboxylic acids is 8. The van der Waals surface area contributed by atoms with Crippen LogP contribution in [0.25, 0.3) is 0 Å². The Balaban J connectivity index is 5.93. The average Bonchev–Trinajstić information content (AvgIpc) is 3.26. The summed E-state index contributed by atoms with van der Waals surface area (Å²) in [4.78, 5) is 133. The Hall–Kier alpha value is -5.72. The number of nitrogens with two attached hydrogens (primary N) is 3. The molecule has 0 rings (SSSR count). The van der Waals surface area contributed by atoms with Crippen LogP contribution in [0.2, 0.25) is 0 Å². The molecule has 0 aromatic rings. The zero-order valence-corrected chi connectivity index (χ0v) is 41.0. The van der Waals surface area contributed by atoms with Crippen LogP contribution in [0.4, 0.5) is 0 Å². The minimum Gasteiger partial charge on any atom is -0.481 e. The minimum atomic E-state index is -1.50. The van der Waals surface area contributed by atoms with E-state index in [0.29, 0.717) is 25.0 Å². The smallest absolute Gasteiger partial charge is 0.326 e. The number of rotatable bonds is 33. The summed E-state index contributed by atoms with van der Waals surface area (Å²) < 4.78 is 0. The van der Waals surface area contributed by atoms with Gasteiger partial charge in [0.05, 0.1) is 12.6 Å². The predicted octanol–water partition coefficient (Wildman–Crippen LogP) is -2.24. The van der Waals surface area contributed by atoms with Gasteiger partial charge in [0.1, 0.15) is 42.3 Å². The normalized spacial score (nSPS) is 15.5. The molecule has 0 saturated heterocycles. The van der Waals surface area contributed by atoms with Gasteiger partial charge in [-0.05, 0) is 75.7 Å². The van der Waals surface area contributed by atoms with Crippen LogP contribution in [0.5, 0.6) is 0 Å². The SMILES string of the molecule is CC[C@H](C)[C@H](NC(=O)[C@H](C)NC(=O)[C@H](CCC(=O)O)NC(=O)[C@H](C)NC(=O)[C@@H](NC(=O)[C@@H](N)CCCN=C(N)N)[C@@H](C)CC)C(=O)N[C@@H](CC(C)C)C(=O)NCC(=O)N[C@@H](CCSC)C(=O)O. The van der Waals surface area contributed by atoms with Crippen molar-refractivity contribution in [1.29, 1.82) is 0 Å². The highest BCUT2D eigenvalue weighted by Crippen LogP contribution is 2.13. The number of amides is 8. The molecule has 16 N–H and O–H groups in total. The van der Waals surface area contributed by atoms with Crippen molar-refractivity contribution in [3.05, 3.63) is 0 Å². The standard InChI is InChI=1S/C42H76N12O12S/c1-10-22(5)32(54-36(60)26(43)13-12-17-46-42(44)45)39(63)49-24(7)34(58)51-27(14-15-31(56)57)38(62)48-25(8)35(59)53-33(23(6)11-2)40(64)52-29(19-21(3)4)37(61)47-20-30(55)50-28(41(65)66)16-18-67-9/h21-29,32-33H,10-20,43H2,1-9H3,(H,47,61)(H,48,62)(H,49,63)(H,50,55)(H,51,58)(H,52,64)(H,53,59)(H,54,60)(H,56,57)(H,65,66)(H4,44,45,46)/t22-,23-,24-,25-,26-,27-,28-,29-,32-,33-/m0/s1. The summed E-state index contributed by atoms with van der Waals surface area (Å²) in [6.07, 6.45) is 2.57. The lowest BCUT2D eigenvalue weighted by Crippen LogP contribution is -2.60. The molecule has 0 heterocycles. The second-order valence-corrected chi connectivity index (χ2v) is 17.9. The lowest BCUT2D eigenvalue weighted by Gasteiger charge is -2.29.